The van der Waals surface area contributed by atoms with Crippen LogP contribution in [0.15, 0.2) is 6.33 Å². The van der Waals surface area contributed by atoms with Gasteiger partial charge in [-0.3, -0.25) is 4.68 Å². The van der Waals surface area contributed by atoms with Gasteiger partial charge >= 0.3 is 0 Å². The standard InChI is InChI=1S/C12H24N4/c1-6-12(3,4)10(13-5)8-11-14-9-15-16(11)7-2/h9-10,13H,6-8H2,1-5H3. The molecule has 1 aromatic rings. The summed E-state index contributed by atoms with van der Waals surface area (Å²) < 4.78 is 1.97. The van der Waals surface area contributed by atoms with Gasteiger partial charge in [0.2, 0.25) is 0 Å². The Morgan fingerprint density at radius 1 is 1.44 bits per heavy atom. The second-order valence-corrected chi connectivity index (χ2v) is 4.88. The Labute approximate surface area is 98.5 Å². The summed E-state index contributed by atoms with van der Waals surface area (Å²) in [6.45, 7) is 9.80. The lowest BCUT2D eigenvalue weighted by Gasteiger charge is -2.33. The second-order valence-electron chi connectivity index (χ2n) is 4.88. The molecule has 4 nitrogen and oxygen atoms in total. The summed E-state index contributed by atoms with van der Waals surface area (Å²) in [6.07, 6.45) is 3.73. The van der Waals surface area contributed by atoms with Crippen molar-refractivity contribution in [3.8, 4) is 0 Å². The predicted molar refractivity (Wildman–Crippen MR) is 66.3 cm³/mol. The Hall–Kier alpha value is -0.900. The van der Waals surface area contributed by atoms with Gasteiger partial charge in [-0.05, 0) is 25.8 Å². The fourth-order valence-corrected chi connectivity index (χ4v) is 1.91. The zero-order valence-electron chi connectivity index (χ0n) is 11.1. The number of rotatable bonds is 6. The van der Waals surface area contributed by atoms with E-state index in [2.05, 4.69) is 43.1 Å². The highest BCUT2D eigenvalue weighted by atomic mass is 15.3. The van der Waals surface area contributed by atoms with Crippen molar-refractivity contribution in [2.24, 2.45) is 5.41 Å². The minimum absolute atomic E-state index is 0.277. The van der Waals surface area contributed by atoms with Crippen LogP contribution in [0.4, 0.5) is 0 Å². The molecule has 0 spiro atoms. The zero-order valence-corrected chi connectivity index (χ0v) is 11.1. The number of hydrogen-bond donors (Lipinski definition) is 1. The molecule has 0 amide bonds. The van der Waals surface area contributed by atoms with Gasteiger partial charge < -0.3 is 5.32 Å². The third-order valence-corrected chi connectivity index (χ3v) is 3.58. The van der Waals surface area contributed by atoms with Crippen molar-refractivity contribution >= 4 is 0 Å². The fraction of sp³-hybridized carbons (Fsp3) is 0.833. The predicted octanol–water partition coefficient (Wildman–Crippen LogP) is 1.86. The van der Waals surface area contributed by atoms with E-state index in [1.54, 1.807) is 6.33 Å². The van der Waals surface area contributed by atoms with Crippen LogP contribution >= 0.6 is 0 Å². The van der Waals surface area contributed by atoms with E-state index in [4.69, 9.17) is 0 Å². The van der Waals surface area contributed by atoms with E-state index in [1.165, 1.54) is 0 Å². The van der Waals surface area contributed by atoms with E-state index in [9.17, 15) is 0 Å². The molecule has 0 aromatic carbocycles. The van der Waals surface area contributed by atoms with Gasteiger partial charge in [-0.2, -0.15) is 5.10 Å². The first-order valence-electron chi connectivity index (χ1n) is 6.09. The van der Waals surface area contributed by atoms with Crippen LogP contribution in [-0.4, -0.2) is 27.9 Å². The summed E-state index contributed by atoms with van der Waals surface area (Å²) in [5.74, 6) is 1.07. The Bertz CT molecular complexity index is 317. The largest absolute Gasteiger partial charge is 0.316 e. The van der Waals surface area contributed by atoms with Gasteiger partial charge in [0, 0.05) is 19.0 Å². The number of aromatic nitrogens is 3. The molecular formula is C12H24N4. The average Bonchev–Trinajstić information content (AvgIpc) is 2.72. The molecule has 0 aliphatic rings. The van der Waals surface area contributed by atoms with Gasteiger partial charge in [-0.1, -0.05) is 20.8 Å². The van der Waals surface area contributed by atoms with E-state index in [0.29, 0.717) is 6.04 Å². The molecule has 92 valence electrons. The zero-order chi connectivity index (χ0) is 12.2. The summed E-state index contributed by atoms with van der Waals surface area (Å²) in [7, 11) is 2.02. The van der Waals surface area contributed by atoms with Crippen molar-refractivity contribution in [1.29, 1.82) is 0 Å². The number of aryl methyl sites for hydroxylation is 1. The quantitative estimate of drug-likeness (QED) is 0.802. The van der Waals surface area contributed by atoms with E-state index in [-0.39, 0.29) is 5.41 Å². The van der Waals surface area contributed by atoms with Crippen LogP contribution in [-0.2, 0) is 13.0 Å². The van der Waals surface area contributed by atoms with Crippen LogP contribution in [0.1, 0.15) is 39.9 Å². The first-order valence-corrected chi connectivity index (χ1v) is 6.09. The molecule has 4 heteroatoms. The molecule has 1 heterocycles. The van der Waals surface area contributed by atoms with Crippen molar-refractivity contribution in [3.63, 3.8) is 0 Å². The maximum absolute atomic E-state index is 4.33. The van der Waals surface area contributed by atoms with Crippen molar-refractivity contribution in [2.75, 3.05) is 7.05 Å². The average molecular weight is 224 g/mol. The number of nitrogens with one attached hydrogen (secondary N) is 1. The Balaban J connectivity index is 2.78. The van der Waals surface area contributed by atoms with Gasteiger partial charge in [0.15, 0.2) is 0 Å². The van der Waals surface area contributed by atoms with Crippen LogP contribution in [0.3, 0.4) is 0 Å². The molecule has 1 unspecified atom stereocenters. The fourth-order valence-electron chi connectivity index (χ4n) is 1.91. The minimum atomic E-state index is 0.277. The number of likely N-dealkylation sites (N-methyl/N-ethyl adjacent to an activating group) is 1. The smallest absolute Gasteiger partial charge is 0.138 e. The molecule has 0 bridgehead atoms. The molecule has 16 heavy (non-hydrogen) atoms. The number of nitrogens with zero attached hydrogens (tertiary/aromatic N) is 3. The highest BCUT2D eigenvalue weighted by molar-refractivity contribution is 4.94. The van der Waals surface area contributed by atoms with Crippen molar-refractivity contribution < 1.29 is 0 Å². The van der Waals surface area contributed by atoms with Gasteiger partial charge in [-0.15, -0.1) is 0 Å². The lowest BCUT2D eigenvalue weighted by molar-refractivity contribution is 0.236. The molecule has 1 rings (SSSR count). The topological polar surface area (TPSA) is 42.7 Å². The summed E-state index contributed by atoms with van der Waals surface area (Å²) in [6, 6.07) is 0.437. The molecular weight excluding hydrogens is 200 g/mol. The molecule has 0 aliphatic carbocycles. The van der Waals surface area contributed by atoms with Gasteiger partial charge in [0.1, 0.15) is 12.2 Å². The van der Waals surface area contributed by atoms with Gasteiger partial charge in [-0.25, -0.2) is 4.98 Å². The summed E-state index contributed by atoms with van der Waals surface area (Å²) >= 11 is 0. The Morgan fingerprint density at radius 3 is 2.62 bits per heavy atom. The molecule has 0 saturated carbocycles. The maximum Gasteiger partial charge on any atom is 0.138 e. The van der Waals surface area contributed by atoms with Crippen LogP contribution in [0.25, 0.3) is 0 Å². The Kier molecular flexibility index (Phi) is 4.47. The monoisotopic (exact) mass is 224 g/mol. The van der Waals surface area contributed by atoms with Crippen LogP contribution in [0.5, 0.6) is 0 Å². The molecule has 1 atom stereocenters. The lowest BCUT2D eigenvalue weighted by atomic mass is 9.80. The Morgan fingerprint density at radius 2 is 2.12 bits per heavy atom. The molecule has 1 N–H and O–H groups in total. The van der Waals surface area contributed by atoms with E-state index in [0.717, 1.165) is 25.2 Å². The minimum Gasteiger partial charge on any atom is -0.316 e. The number of hydrogen-bond acceptors (Lipinski definition) is 3. The third-order valence-electron chi connectivity index (χ3n) is 3.58. The lowest BCUT2D eigenvalue weighted by Crippen LogP contribution is -2.42. The van der Waals surface area contributed by atoms with Crippen molar-refractivity contribution in [2.45, 2.75) is 53.1 Å². The molecule has 0 saturated heterocycles. The van der Waals surface area contributed by atoms with Crippen LogP contribution < -0.4 is 5.32 Å². The maximum atomic E-state index is 4.33. The van der Waals surface area contributed by atoms with Crippen LogP contribution in [0.2, 0.25) is 0 Å². The summed E-state index contributed by atoms with van der Waals surface area (Å²) in [5, 5.41) is 7.61. The summed E-state index contributed by atoms with van der Waals surface area (Å²) in [4.78, 5) is 4.33. The van der Waals surface area contributed by atoms with Crippen molar-refractivity contribution in [1.82, 2.24) is 20.1 Å². The van der Waals surface area contributed by atoms with Gasteiger partial charge in [0.05, 0.1) is 0 Å². The second kappa shape index (κ2) is 5.43. The van der Waals surface area contributed by atoms with Crippen LogP contribution in [0, 0.1) is 5.41 Å². The SMILES string of the molecule is CCn1ncnc1CC(NC)C(C)(C)CC. The molecule has 0 fully saturated rings. The normalized spacial score (nSPS) is 14.1. The first kappa shape index (κ1) is 13.2. The highest BCUT2D eigenvalue weighted by Crippen LogP contribution is 2.26. The molecule has 1 aromatic heterocycles. The van der Waals surface area contributed by atoms with E-state index < -0.39 is 0 Å². The van der Waals surface area contributed by atoms with Crippen molar-refractivity contribution in [3.05, 3.63) is 12.2 Å². The van der Waals surface area contributed by atoms with E-state index in [1.807, 2.05) is 11.7 Å². The molecule has 0 radical (unpaired) electrons. The van der Waals surface area contributed by atoms with E-state index >= 15 is 0 Å². The highest BCUT2D eigenvalue weighted by Gasteiger charge is 2.27. The summed E-state index contributed by atoms with van der Waals surface area (Å²) in [5.41, 5.74) is 0.277. The first-order chi connectivity index (χ1) is 7.55. The van der Waals surface area contributed by atoms with Gasteiger partial charge in [0.25, 0.3) is 0 Å². The molecule has 0 aliphatic heterocycles. The third kappa shape index (κ3) is 2.82.